The summed E-state index contributed by atoms with van der Waals surface area (Å²) >= 11 is 0. The first kappa shape index (κ1) is 14.4. The van der Waals surface area contributed by atoms with Crippen molar-refractivity contribution in [1.82, 2.24) is 9.38 Å². The maximum absolute atomic E-state index is 13.5. The van der Waals surface area contributed by atoms with E-state index in [2.05, 4.69) is 4.98 Å². The summed E-state index contributed by atoms with van der Waals surface area (Å²) in [4.78, 5) is 17.3. The smallest absolute Gasteiger partial charge is 0.266 e. The second-order valence-corrected chi connectivity index (χ2v) is 5.22. The zero-order valence-electron chi connectivity index (χ0n) is 12.2. The Balaban J connectivity index is 2.46. The molecule has 0 bridgehead atoms. The first-order chi connectivity index (χ1) is 10.5. The largest absolute Gasteiger partial charge is 0.387 e. The van der Waals surface area contributed by atoms with Crippen LogP contribution in [0.5, 0.6) is 0 Å². The predicted molar refractivity (Wildman–Crippen MR) is 82.2 cm³/mol. The lowest BCUT2D eigenvalue weighted by Gasteiger charge is -2.14. The van der Waals surface area contributed by atoms with Crippen LogP contribution < -0.4 is 5.56 Å². The molecule has 0 spiro atoms. The molecule has 0 saturated heterocycles. The first-order valence-corrected chi connectivity index (χ1v) is 6.95. The average Bonchev–Trinajstić information content (AvgIpc) is 2.46. The topological polar surface area (TPSA) is 54.6 Å². The van der Waals surface area contributed by atoms with Crippen LogP contribution in [0.2, 0.25) is 0 Å². The number of aliphatic hydroxyl groups is 1. The highest BCUT2D eigenvalue weighted by Crippen LogP contribution is 2.25. The normalized spacial score (nSPS) is 12.5. The highest BCUT2D eigenvalue weighted by molar-refractivity contribution is 5.67. The Morgan fingerprint density at radius 2 is 1.95 bits per heavy atom. The van der Waals surface area contributed by atoms with Crippen LogP contribution in [0.25, 0.3) is 16.8 Å². The van der Waals surface area contributed by atoms with Gasteiger partial charge in [0.15, 0.2) is 0 Å². The highest BCUT2D eigenvalue weighted by Gasteiger charge is 2.19. The summed E-state index contributed by atoms with van der Waals surface area (Å²) in [6.45, 7) is 3.34. The Hall–Kier alpha value is -2.53. The molecule has 22 heavy (non-hydrogen) atoms. The summed E-state index contributed by atoms with van der Waals surface area (Å²) in [5, 5.41) is 9.98. The molecular weight excluding hydrogens is 283 g/mol. The maximum atomic E-state index is 13.5. The van der Waals surface area contributed by atoms with E-state index in [9.17, 15) is 14.3 Å². The molecule has 0 radical (unpaired) electrons. The molecule has 3 aromatic rings. The van der Waals surface area contributed by atoms with Gasteiger partial charge in [0.05, 0.1) is 17.4 Å². The van der Waals surface area contributed by atoms with Crippen molar-refractivity contribution in [3.8, 4) is 11.1 Å². The molecule has 0 aliphatic rings. The van der Waals surface area contributed by atoms with Gasteiger partial charge in [0, 0.05) is 5.69 Å². The van der Waals surface area contributed by atoms with Crippen molar-refractivity contribution in [2.45, 2.75) is 20.0 Å². The van der Waals surface area contributed by atoms with Crippen LogP contribution >= 0.6 is 0 Å². The Morgan fingerprint density at radius 3 is 2.64 bits per heavy atom. The van der Waals surface area contributed by atoms with Gasteiger partial charge in [-0.05, 0) is 43.7 Å². The van der Waals surface area contributed by atoms with Crippen LogP contribution in [0, 0.1) is 12.7 Å². The van der Waals surface area contributed by atoms with E-state index in [1.54, 1.807) is 31.2 Å². The molecule has 5 heteroatoms. The molecule has 2 aromatic heterocycles. The van der Waals surface area contributed by atoms with E-state index < -0.39 is 11.9 Å². The van der Waals surface area contributed by atoms with Crippen LogP contribution in [0.1, 0.15) is 24.4 Å². The van der Waals surface area contributed by atoms with E-state index in [0.717, 1.165) is 5.69 Å². The van der Waals surface area contributed by atoms with Gasteiger partial charge in [-0.2, -0.15) is 0 Å². The van der Waals surface area contributed by atoms with Gasteiger partial charge in [-0.15, -0.1) is 0 Å². The first-order valence-electron chi connectivity index (χ1n) is 6.95. The molecule has 0 fully saturated rings. The van der Waals surface area contributed by atoms with Crippen LogP contribution in [0.3, 0.4) is 0 Å². The van der Waals surface area contributed by atoms with E-state index in [-0.39, 0.29) is 16.8 Å². The Bertz CT molecular complexity index is 916. The van der Waals surface area contributed by atoms with E-state index in [1.807, 2.05) is 0 Å². The fourth-order valence-corrected chi connectivity index (χ4v) is 2.57. The third kappa shape index (κ3) is 2.29. The van der Waals surface area contributed by atoms with Crippen molar-refractivity contribution >= 4 is 5.65 Å². The fraction of sp³-hybridized carbons (Fsp3) is 0.176. The van der Waals surface area contributed by atoms with Gasteiger partial charge in [-0.1, -0.05) is 18.2 Å². The van der Waals surface area contributed by atoms with Crippen molar-refractivity contribution in [2.75, 3.05) is 0 Å². The third-order valence-electron chi connectivity index (χ3n) is 3.58. The molecule has 0 aliphatic carbocycles. The number of benzene rings is 1. The molecule has 2 heterocycles. The van der Waals surface area contributed by atoms with Crippen molar-refractivity contribution < 1.29 is 9.50 Å². The van der Waals surface area contributed by atoms with Gasteiger partial charge >= 0.3 is 0 Å². The van der Waals surface area contributed by atoms with Crippen molar-refractivity contribution in [2.24, 2.45) is 0 Å². The molecule has 0 aliphatic heterocycles. The Morgan fingerprint density at radius 1 is 1.23 bits per heavy atom. The number of aliphatic hydroxyl groups excluding tert-OH is 1. The zero-order chi connectivity index (χ0) is 15.9. The van der Waals surface area contributed by atoms with Crippen molar-refractivity contribution in [3.05, 3.63) is 70.0 Å². The number of aryl methyl sites for hydroxylation is 1. The number of pyridine rings is 1. The molecule has 112 valence electrons. The van der Waals surface area contributed by atoms with Crippen LogP contribution in [0.4, 0.5) is 4.39 Å². The molecule has 3 rings (SSSR count). The second-order valence-electron chi connectivity index (χ2n) is 5.22. The molecule has 1 atom stereocenters. The predicted octanol–water partition coefficient (Wildman–Crippen LogP) is 2.86. The van der Waals surface area contributed by atoms with Gasteiger partial charge < -0.3 is 5.11 Å². The van der Waals surface area contributed by atoms with E-state index in [0.29, 0.717) is 11.2 Å². The highest BCUT2D eigenvalue weighted by atomic mass is 19.1. The van der Waals surface area contributed by atoms with E-state index in [4.69, 9.17) is 0 Å². The lowest BCUT2D eigenvalue weighted by atomic mass is 10.0. The number of nitrogens with zero attached hydrogens (tertiary/aromatic N) is 2. The summed E-state index contributed by atoms with van der Waals surface area (Å²) in [6, 6.07) is 11.0. The number of halogens is 1. The van der Waals surface area contributed by atoms with Gasteiger partial charge in [0.25, 0.3) is 5.56 Å². The molecule has 4 nitrogen and oxygen atoms in total. The van der Waals surface area contributed by atoms with Crippen LogP contribution in [0.15, 0.2) is 47.3 Å². The number of hydrogen-bond donors (Lipinski definition) is 1. The third-order valence-corrected chi connectivity index (χ3v) is 3.58. The van der Waals surface area contributed by atoms with Crippen LogP contribution in [-0.2, 0) is 0 Å². The minimum absolute atomic E-state index is 0.223. The lowest BCUT2D eigenvalue weighted by molar-refractivity contribution is 0.195. The number of rotatable bonds is 2. The fourth-order valence-electron chi connectivity index (χ4n) is 2.57. The maximum Gasteiger partial charge on any atom is 0.266 e. The quantitative estimate of drug-likeness (QED) is 0.791. The lowest BCUT2D eigenvalue weighted by Crippen LogP contribution is -2.22. The number of fused-ring (bicyclic) bond motifs is 1. The van der Waals surface area contributed by atoms with Gasteiger partial charge in [-0.3, -0.25) is 9.20 Å². The van der Waals surface area contributed by atoms with Gasteiger partial charge in [-0.25, -0.2) is 9.37 Å². The Kier molecular flexibility index (Phi) is 3.50. The summed E-state index contributed by atoms with van der Waals surface area (Å²) in [6.07, 6.45) is -0.934. The second kappa shape index (κ2) is 5.35. The standard InChI is InChI=1S/C17H15FN2O2/c1-10-5-3-8-14-19-16(11(2)21)15(17(22)20(10)14)12-6-4-7-13(18)9-12/h3-9,11,21H,1-2H3. The molecule has 0 saturated carbocycles. The summed E-state index contributed by atoms with van der Waals surface area (Å²) in [5.74, 6) is -0.441. The molecule has 1 aromatic carbocycles. The Labute approximate surface area is 126 Å². The monoisotopic (exact) mass is 298 g/mol. The molecule has 0 amide bonds. The SMILES string of the molecule is Cc1cccc2nc(C(C)O)c(-c3cccc(F)c3)c(=O)n12. The molecular formula is C17H15FN2O2. The van der Waals surface area contributed by atoms with Gasteiger partial charge in [0.2, 0.25) is 0 Å². The van der Waals surface area contributed by atoms with Crippen molar-refractivity contribution in [3.63, 3.8) is 0 Å². The van der Waals surface area contributed by atoms with E-state index in [1.165, 1.54) is 29.5 Å². The zero-order valence-corrected chi connectivity index (χ0v) is 12.2. The summed E-state index contributed by atoms with van der Waals surface area (Å²) < 4.78 is 15.0. The summed E-state index contributed by atoms with van der Waals surface area (Å²) in [5.41, 5.74) is 1.75. The minimum Gasteiger partial charge on any atom is -0.387 e. The summed E-state index contributed by atoms with van der Waals surface area (Å²) in [7, 11) is 0. The average molecular weight is 298 g/mol. The van der Waals surface area contributed by atoms with Crippen LogP contribution in [-0.4, -0.2) is 14.5 Å². The minimum atomic E-state index is -0.934. The van der Waals surface area contributed by atoms with E-state index >= 15 is 0 Å². The molecule has 1 N–H and O–H groups in total. The van der Waals surface area contributed by atoms with Crippen molar-refractivity contribution in [1.29, 1.82) is 0 Å². The number of hydrogen-bond acceptors (Lipinski definition) is 3. The van der Waals surface area contributed by atoms with Gasteiger partial charge in [0.1, 0.15) is 11.5 Å². The number of aromatic nitrogens is 2. The molecule has 1 unspecified atom stereocenters.